The van der Waals surface area contributed by atoms with Gasteiger partial charge in [-0.15, -0.1) is 0 Å². The molecule has 2 unspecified atom stereocenters. The molecule has 7 nitrogen and oxygen atoms in total. The van der Waals surface area contributed by atoms with Crippen LogP contribution in [-0.4, -0.2) is 48.2 Å². The minimum atomic E-state index is -0.978. The van der Waals surface area contributed by atoms with Crippen molar-refractivity contribution in [2.24, 2.45) is 11.8 Å². The van der Waals surface area contributed by atoms with Crippen molar-refractivity contribution < 1.29 is 23.9 Å². The lowest BCUT2D eigenvalue weighted by Crippen LogP contribution is -2.42. The van der Waals surface area contributed by atoms with Gasteiger partial charge in [0.1, 0.15) is 0 Å². The second kappa shape index (κ2) is 8.79. The molecule has 0 radical (unpaired) electrons. The lowest BCUT2D eigenvalue weighted by molar-refractivity contribution is -0.164. The first kappa shape index (κ1) is 20.6. The summed E-state index contributed by atoms with van der Waals surface area (Å²) in [5.41, 5.74) is 0.944. The predicted molar refractivity (Wildman–Crippen MR) is 100 cm³/mol. The van der Waals surface area contributed by atoms with Crippen molar-refractivity contribution in [2.45, 2.75) is 39.7 Å². The Balaban J connectivity index is 2.04. The molecule has 1 N–H and O–H groups in total. The van der Waals surface area contributed by atoms with Gasteiger partial charge in [-0.1, -0.05) is 26.0 Å². The second-order valence-corrected chi connectivity index (χ2v) is 7.23. The fraction of sp³-hybridized carbons (Fsp3) is 0.500. The summed E-state index contributed by atoms with van der Waals surface area (Å²) in [5, 5.41) is 2.70. The predicted octanol–water partition coefficient (Wildman–Crippen LogP) is 2.26. The molecule has 2 amide bonds. The number of benzene rings is 1. The van der Waals surface area contributed by atoms with Crippen LogP contribution in [0.4, 0.5) is 5.69 Å². The van der Waals surface area contributed by atoms with E-state index in [1.54, 1.807) is 50.1 Å². The van der Waals surface area contributed by atoms with Gasteiger partial charge >= 0.3 is 5.97 Å². The molecule has 1 aromatic rings. The van der Waals surface area contributed by atoms with Gasteiger partial charge in [0.25, 0.3) is 5.91 Å². The van der Waals surface area contributed by atoms with Crippen molar-refractivity contribution in [3.05, 3.63) is 29.8 Å². The number of ketones is 1. The third-order valence-corrected chi connectivity index (χ3v) is 4.64. The molecule has 27 heavy (non-hydrogen) atoms. The first-order valence-corrected chi connectivity index (χ1v) is 9.05. The van der Waals surface area contributed by atoms with Crippen molar-refractivity contribution in [3.63, 3.8) is 0 Å². The Morgan fingerprint density at radius 3 is 2.56 bits per heavy atom. The molecule has 1 heterocycles. The maximum Gasteiger partial charge on any atom is 0.310 e. The van der Waals surface area contributed by atoms with Gasteiger partial charge in [-0.2, -0.15) is 0 Å². The van der Waals surface area contributed by atoms with Crippen molar-refractivity contribution in [3.8, 4) is 0 Å². The van der Waals surface area contributed by atoms with Crippen LogP contribution in [-0.2, 0) is 19.1 Å². The Morgan fingerprint density at radius 2 is 1.96 bits per heavy atom. The number of carbonyl (C=O) groups is 4. The van der Waals surface area contributed by atoms with E-state index in [1.165, 1.54) is 6.92 Å². The molecule has 1 saturated heterocycles. The number of hydrogen-bond donors (Lipinski definition) is 1. The topological polar surface area (TPSA) is 92.8 Å². The van der Waals surface area contributed by atoms with Gasteiger partial charge < -0.3 is 15.0 Å². The summed E-state index contributed by atoms with van der Waals surface area (Å²) in [5.74, 6) is -1.96. The van der Waals surface area contributed by atoms with Gasteiger partial charge in [0.2, 0.25) is 5.91 Å². The Kier molecular flexibility index (Phi) is 6.71. The van der Waals surface area contributed by atoms with Crippen LogP contribution in [0.25, 0.3) is 0 Å². The van der Waals surface area contributed by atoms with E-state index in [0.29, 0.717) is 24.2 Å². The molecular weight excluding hydrogens is 348 g/mol. The van der Waals surface area contributed by atoms with E-state index in [1.807, 2.05) is 0 Å². The summed E-state index contributed by atoms with van der Waals surface area (Å²) in [6, 6.07) is 6.58. The summed E-state index contributed by atoms with van der Waals surface area (Å²) in [4.78, 5) is 49.9. The Morgan fingerprint density at radius 1 is 1.26 bits per heavy atom. The Bertz CT molecular complexity index is 744. The summed E-state index contributed by atoms with van der Waals surface area (Å²) in [6.07, 6.45) is -0.357. The van der Waals surface area contributed by atoms with E-state index in [9.17, 15) is 19.2 Å². The average molecular weight is 374 g/mol. The number of rotatable bonds is 6. The van der Waals surface area contributed by atoms with Gasteiger partial charge in [-0.05, 0) is 31.4 Å². The molecule has 7 heteroatoms. The first-order valence-electron chi connectivity index (χ1n) is 9.05. The second-order valence-electron chi connectivity index (χ2n) is 7.23. The fourth-order valence-electron chi connectivity index (χ4n) is 2.89. The fourth-order valence-corrected chi connectivity index (χ4v) is 2.89. The summed E-state index contributed by atoms with van der Waals surface area (Å²) < 4.78 is 5.46. The number of Topliss-reactive ketones (excluding diaryl/α,β-unsaturated/α-hetero) is 1. The number of likely N-dealkylation sites (tertiary alicyclic amines) is 1. The molecule has 1 aliphatic rings. The third kappa shape index (κ3) is 5.39. The molecule has 2 atom stereocenters. The quantitative estimate of drug-likeness (QED) is 0.609. The number of ether oxygens (including phenoxy) is 1. The van der Waals surface area contributed by atoms with Crippen molar-refractivity contribution in [2.75, 3.05) is 18.9 Å². The maximum atomic E-state index is 12.6. The van der Waals surface area contributed by atoms with E-state index in [4.69, 9.17) is 4.74 Å². The molecule has 146 valence electrons. The van der Waals surface area contributed by atoms with E-state index in [0.717, 1.165) is 0 Å². The number of nitrogens with zero attached hydrogens (tertiary/aromatic N) is 1. The van der Waals surface area contributed by atoms with Gasteiger partial charge in [0.15, 0.2) is 11.9 Å². The molecule has 2 rings (SSSR count). The first-order chi connectivity index (χ1) is 12.7. The lowest BCUT2D eigenvalue weighted by atomic mass is 9.96. The molecule has 1 aliphatic heterocycles. The van der Waals surface area contributed by atoms with Crippen molar-refractivity contribution in [1.29, 1.82) is 0 Å². The maximum absolute atomic E-state index is 12.6. The number of amides is 2. The van der Waals surface area contributed by atoms with Crippen LogP contribution in [0.2, 0.25) is 0 Å². The van der Waals surface area contributed by atoms with Gasteiger partial charge in [-0.25, -0.2) is 0 Å². The smallest absolute Gasteiger partial charge is 0.310 e. The summed E-state index contributed by atoms with van der Waals surface area (Å²) in [6.45, 7) is 5.50. The zero-order chi connectivity index (χ0) is 20.1. The van der Waals surface area contributed by atoms with Crippen LogP contribution in [0.15, 0.2) is 24.3 Å². The molecule has 0 saturated carbocycles. The average Bonchev–Trinajstić information content (AvgIpc) is 2.61. The number of hydrogen-bond acceptors (Lipinski definition) is 5. The van der Waals surface area contributed by atoms with Gasteiger partial charge in [0, 0.05) is 31.3 Å². The SMILES string of the molecule is CC(=O)c1cccc(NC(=O)C(OC(=O)C2CCN(C)C(=O)C2)C(C)C)c1. The minimum absolute atomic E-state index is 0.0996. The van der Waals surface area contributed by atoms with Crippen molar-refractivity contribution >= 4 is 29.3 Å². The Hall–Kier alpha value is -2.70. The van der Waals surface area contributed by atoms with Crippen LogP contribution in [0, 0.1) is 11.8 Å². The van der Waals surface area contributed by atoms with Gasteiger partial charge in [0.05, 0.1) is 5.92 Å². The highest BCUT2D eigenvalue weighted by atomic mass is 16.5. The lowest BCUT2D eigenvalue weighted by Gasteiger charge is -2.29. The minimum Gasteiger partial charge on any atom is -0.452 e. The van der Waals surface area contributed by atoms with E-state index >= 15 is 0 Å². The monoisotopic (exact) mass is 374 g/mol. The largest absolute Gasteiger partial charge is 0.452 e. The molecule has 0 spiro atoms. The highest BCUT2D eigenvalue weighted by Gasteiger charge is 2.34. The highest BCUT2D eigenvalue weighted by Crippen LogP contribution is 2.21. The number of carbonyl (C=O) groups excluding carboxylic acids is 4. The summed E-state index contributed by atoms with van der Waals surface area (Å²) in [7, 11) is 1.70. The number of piperidine rings is 1. The zero-order valence-electron chi connectivity index (χ0n) is 16.2. The molecular formula is C20H26N2O5. The van der Waals surface area contributed by atoms with Crippen LogP contribution < -0.4 is 5.32 Å². The molecule has 0 bridgehead atoms. The Labute approximate surface area is 159 Å². The number of esters is 1. The highest BCUT2D eigenvalue weighted by molar-refractivity contribution is 5.99. The van der Waals surface area contributed by atoms with E-state index in [2.05, 4.69) is 5.32 Å². The standard InChI is InChI=1S/C20H26N2O5/c1-12(2)18(27-20(26)15-8-9-22(4)17(24)11-15)19(25)21-16-7-5-6-14(10-16)13(3)23/h5-7,10,12,15,18H,8-9,11H2,1-4H3,(H,21,25). The third-order valence-electron chi connectivity index (χ3n) is 4.64. The molecule has 0 aliphatic carbocycles. The van der Waals surface area contributed by atoms with E-state index in [-0.39, 0.29) is 24.0 Å². The van der Waals surface area contributed by atoms with Gasteiger partial charge in [-0.3, -0.25) is 19.2 Å². The molecule has 1 aromatic carbocycles. The van der Waals surface area contributed by atoms with Crippen LogP contribution >= 0.6 is 0 Å². The van der Waals surface area contributed by atoms with E-state index < -0.39 is 23.9 Å². The molecule has 1 fully saturated rings. The van der Waals surface area contributed by atoms with Crippen LogP contribution in [0.5, 0.6) is 0 Å². The van der Waals surface area contributed by atoms with Crippen LogP contribution in [0.1, 0.15) is 44.0 Å². The molecule has 0 aromatic heterocycles. The van der Waals surface area contributed by atoms with Crippen molar-refractivity contribution in [1.82, 2.24) is 4.90 Å². The normalized spacial score (nSPS) is 18.2. The van der Waals surface area contributed by atoms with Crippen LogP contribution in [0.3, 0.4) is 0 Å². The number of nitrogens with one attached hydrogen (secondary N) is 1. The summed E-state index contributed by atoms with van der Waals surface area (Å²) >= 11 is 0. The number of anilines is 1. The zero-order valence-corrected chi connectivity index (χ0v) is 16.2.